The first kappa shape index (κ1) is 17.6. The smallest absolute Gasteiger partial charge is 0.387 e. The Hall–Kier alpha value is -1.42. The fourth-order valence-electron chi connectivity index (χ4n) is 2.08. The molecule has 1 N–H and O–H groups in total. The molecule has 0 bridgehead atoms. The minimum atomic E-state index is -2.79. The molecule has 0 spiro atoms. The van der Waals surface area contributed by atoms with E-state index >= 15 is 0 Å². The second-order valence-electron chi connectivity index (χ2n) is 6.46. The van der Waals surface area contributed by atoms with Crippen molar-refractivity contribution in [2.24, 2.45) is 0 Å². The Morgan fingerprint density at radius 1 is 1.24 bits per heavy atom. The van der Waals surface area contributed by atoms with E-state index < -0.39 is 6.61 Å². The van der Waals surface area contributed by atoms with Gasteiger partial charge in [0, 0.05) is 12.1 Å². The lowest BCUT2D eigenvalue weighted by atomic mass is 10.0. The highest BCUT2D eigenvalue weighted by atomic mass is 19.3. The maximum Gasteiger partial charge on any atom is 0.387 e. The Labute approximate surface area is 126 Å². The Morgan fingerprint density at radius 3 is 2.19 bits per heavy atom. The average molecular weight is 297 g/mol. The number of nitrogens with one attached hydrogen (secondary N) is 1. The minimum Gasteiger partial charge on any atom is -0.434 e. The van der Waals surface area contributed by atoms with Crippen LogP contribution in [0.4, 0.5) is 8.78 Å². The number of aryl methyl sites for hydroxylation is 2. The van der Waals surface area contributed by atoms with E-state index in [1.165, 1.54) is 5.57 Å². The highest BCUT2D eigenvalue weighted by Crippen LogP contribution is 2.27. The zero-order valence-electron chi connectivity index (χ0n) is 13.7. The molecule has 0 saturated heterocycles. The molecule has 0 unspecified atom stereocenters. The summed E-state index contributed by atoms with van der Waals surface area (Å²) in [7, 11) is 0. The van der Waals surface area contributed by atoms with Crippen LogP contribution in [0.15, 0.2) is 17.7 Å². The maximum atomic E-state index is 12.4. The largest absolute Gasteiger partial charge is 0.434 e. The fourth-order valence-corrected chi connectivity index (χ4v) is 2.08. The molecule has 0 amide bonds. The summed E-state index contributed by atoms with van der Waals surface area (Å²) in [5.41, 5.74) is 3.69. The van der Waals surface area contributed by atoms with Gasteiger partial charge in [-0.2, -0.15) is 8.78 Å². The summed E-state index contributed by atoms with van der Waals surface area (Å²) in [5, 5.41) is 3.42. The molecule has 1 aromatic rings. The van der Waals surface area contributed by atoms with Crippen molar-refractivity contribution in [2.75, 3.05) is 6.54 Å². The number of rotatable bonds is 5. The second kappa shape index (κ2) is 7.03. The average Bonchev–Trinajstić information content (AvgIpc) is 2.30. The van der Waals surface area contributed by atoms with Gasteiger partial charge in [0.25, 0.3) is 0 Å². The van der Waals surface area contributed by atoms with E-state index in [1.54, 1.807) is 13.8 Å². The van der Waals surface area contributed by atoms with Crippen molar-refractivity contribution in [1.29, 1.82) is 0 Å². The summed E-state index contributed by atoms with van der Waals surface area (Å²) >= 11 is 0. The fraction of sp³-hybridized carbons (Fsp3) is 0.529. The summed E-state index contributed by atoms with van der Waals surface area (Å²) in [6, 6.07) is 3.73. The van der Waals surface area contributed by atoms with Gasteiger partial charge in [0.1, 0.15) is 5.75 Å². The van der Waals surface area contributed by atoms with Crippen LogP contribution in [0.3, 0.4) is 0 Å². The van der Waals surface area contributed by atoms with E-state index in [0.29, 0.717) is 0 Å². The van der Waals surface area contributed by atoms with E-state index in [2.05, 4.69) is 36.9 Å². The van der Waals surface area contributed by atoms with Crippen molar-refractivity contribution in [3.63, 3.8) is 0 Å². The van der Waals surface area contributed by atoms with Crippen molar-refractivity contribution in [2.45, 2.75) is 53.7 Å². The maximum absolute atomic E-state index is 12.4. The van der Waals surface area contributed by atoms with E-state index in [-0.39, 0.29) is 11.3 Å². The van der Waals surface area contributed by atoms with Crippen LogP contribution in [0.5, 0.6) is 5.75 Å². The van der Waals surface area contributed by atoms with E-state index in [9.17, 15) is 8.78 Å². The molecule has 118 valence electrons. The molecule has 0 aliphatic carbocycles. The molecule has 21 heavy (non-hydrogen) atoms. The molecule has 2 nitrogen and oxygen atoms in total. The van der Waals surface area contributed by atoms with E-state index in [0.717, 1.165) is 23.2 Å². The summed E-state index contributed by atoms with van der Waals surface area (Å²) in [6.45, 7) is 9.96. The van der Waals surface area contributed by atoms with Crippen LogP contribution in [0.1, 0.15) is 44.4 Å². The molecule has 1 aromatic carbocycles. The van der Waals surface area contributed by atoms with Gasteiger partial charge in [0.2, 0.25) is 0 Å². The van der Waals surface area contributed by atoms with Gasteiger partial charge in [-0.25, -0.2) is 0 Å². The van der Waals surface area contributed by atoms with Gasteiger partial charge in [-0.3, -0.25) is 0 Å². The number of hydrogen-bond acceptors (Lipinski definition) is 2. The highest BCUT2D eigenvalue weighted by molar-refractivity contribution is 5.58. The van der Waals surface area contributed by atoms with Crippen molar-refractivity contribution in [3.8, 4) is 5.75 Å². The minimum absolute atomic E-state index is 0.0654. The van der Waals surface area contributed by atoms with Gasteiger partial charge in [-0.15, -0.1) is 0 Å². The zero-order chi connectivity index (χ0) is 16.2. The summed E-state index contributed by atoms with van der Waals surface area (Å²) < 4.78 is 29.3. The number of ether oxygens (including phenoxy) is 1. The monoisotopic (exact) mass is 297 g/mol. The predicted octanol–water partition coefficient (Wildman–Crippen LogP) is 4.70. The molecule has 0 aliphatic heterocycles. The van der Waals surface area contributed by atoms with E-state index in [1.807, 2.05) is 19.1 Å². The van der Waals surface area contributed by atoms with Crippen molar-refractivity contribution >= 4 is 6.08 Å². The standard InChI is InChI=1S/C17H25F2NO/c1-11(10-20-17(4,5)6)7-14-8-12(2)15(13(3)9-14)21-16(18)19/h7-9,16,20H,10H2,1-6H3. The van der Waals surface area contributed by atoms with Gasteiger partial charge in [-0.1, -0.05) is 11.6 Å². The molecule has 0 saturated carbocycles. The molecule has 4 heteroatoms. The Bertz CT molecular complexity index is 493. The Balaban J connectivity index is 2.90. The van der Waals surface area contributed by atoms with Crippen LogP contribution in [-0.2, 0) is 0 Å². The number of halogens is 2. The molecule has 0 aliphatic rings. The van der Waals surface area contributed by atoms with Crippen molar-refractivity contribution in [3.05, 3.63) is 34.4 Å². The normalized spacial score (nSPS) is 12.9. The van der Waals surface area contributed by atoms with Crippen LogP contribution in [0.2, 0.25) is 0 Å². The van der Waals surface area contributed by atoms with Crippen LogP contribution in [-0.4, -0.2) is 18.7 Å². The second-order valence-corrected chi connectivity index (χ2v) is 6.46. The molecule has 0 fully saturated rings. The van der Waals surface area contributed by atoms with E-state index in [4.69, 9.17) is 0 Å². The molecule has 0 heterocycles. The lowest BCUT2D eigenvalue weighted by Gasteiger charge is -2.20. The SMILES string of the molecule is CC(=Cc1cc(C)c(OC(F)F)c(C)c1)CNC(C)(C)C. The first-order valence-electron chi connectivity index (χ1n) is 7.07. The first-order chi connectivity index (χ1) is 9.58. The van der Waals surface area contributed by atoms with Crippen molar-refractivity contribution in [1.82, 2.24) is 5.32 Å². The topological polar surface area (TPSA) is 21.3 Å². The summed E-state index contributed by atoms with van der Waals surface area (Å²) in [5.74, 6) is 0.271. The summed E-state index contributed by atoms with van der Waals surface area (Å²) in [4.78, 5) is 0. The van der Waals surface area contributed by atoms with Crippen LogP contribution in [0.25, 0.3) is 6.08 Å². The zero-order valence-corrected chi connectivity index (χ0v) is 13.7. The predicted molar refractivity (Wildman–Crippen MR) is 84.0 cm³/mol. The molecule has 1 rings (SSSR count). The quantitative estimate of drug-likeness (QED) is 0.851. The summed E-state index contributed by atoms with van der Waals surface area (Å²) in [6.07, 6.45) is 2.06. The van der Waals surface area contributed by atoms with Crippen LogP contribution < -0.4 is 10.1 Å². The van der Waals surface area contributed by atoms with Crippen molar-refractivity contribution < 1.29 is 13.5 Å². The molecule has 0 radical (unpaired) electrons. The third-order valence-corrected chi connectivity index (χ3v) is 3.00. The Morgan fingerprint density at radius 2 is 1.76 bits per heavy atom. The van der Waals surface area contributed by atoms with Gasteiger partial charge in [0.05, 0.1) is 0 Å². The molecular weight excluding hydrogens is 272 g/mol. The Kier molecular flexibility index (Phi) is 5.90. The number of hydrogen-bond donors (Lipinski definition) is 1. The molecule has 0 atom stereocenters. The third kappa shape index (κ3) is 6.25. The van der Waals surface area contributed by atoms with Crippen LogP contribution in [0, 0.1) is 13.8 Å². The first-order valence-corrected chi connectivity index (χ1v) is 7.07. The molecular formula is C17H25F2NO. The number of benzene rings is 1. The van der Waals surface area contributed by atoms with Crippen LogP contribution >= 0.6 is 0 Å². The third-order valence-electron chi connectivity index (χ3n) is 3.00. The van der Waals surface area contributed by atoms with Gasteiger partial charge < -0.3 is 10.1 Å². The van der Waals surface area contributed by atoms with Gasteiger partial charge >= 0.3 is 6.61 Å². The van der Waals surface area contributed by atoms with Gasteiger partial charge in [-0.05, 0) is 70.4 Å². The number of alkyl halides is 2. The lowest BCUT2D eigenvalue weighted by Crippen LogP contribution is -2.36. The lowest BCUT2D eigenvalue weighted by molar-refractivity contribution is -0.0507. The highest BCUT2D eigenvalue weighted by Gasteiger charge is 2.11. The van der Waals surface area contributed by atoms with Gasteiger partial charge in [0.15, 0.2) is 0 Å². The molecule has 0 aromatic heterocycles.